The molecule has 1 unspecified atom stereocenters. The molecule has 0 aromatic heterocycles. The van der Waals surface area contributed by atoms with E-state index in [0.717, 1.165) is 6.42 Å². The van der Waals surface area contributed by atoms with Gasteiger partial charge in [-0.05, 0) is 17.8 Å². The van der Waals surface area contributed by atoms with Crippen molar-refractivity contribution in [1.82, 2.24) is 10.6 Å². The molecule has 2 amide bonds. The van der Waals surface area contributed by atoms with Crippen LogP contribution in [0.3, 0.4) is 0 Å². The van der Waals surface area contributed by atoms with Crippen LogP contribution >= 0.6 is 0 Å². The van der Waals surface area contributed by atoms with Gasteiger partial charge in [0.15, 0.2) is 0 Å². The molecule has 106 valence electrons. The van der Waals surface area contributed by atoms with Gasteiger partial charge >= 0.3 is 12.0 Å². The summed E-state index contributed by atoms with van der Waals surface area (Å²) in [6, 6.07) is -1.22. The van der Waals surface area contributed by atoms with Gasteiger partial charge in [-0.1, -0.05) is 41.0 Å². The van der Waals surface area contributed by atoms with E-state index in [9.17, 15) is 9.59 Å². The molecule has 0 saturated heterocycles. The maximum Gasteiger partial charge on any atom is 0.326 e. The zero-order valence-corrected chi connectivity index (χ0v) is 12.0. The second-order valence-electron chi connectivity index (χ2n) is 5.80. The average Bonchev–Trinajstić information content (AvgIpc) is 2.23. The van der Waals surface area contributed by atoms with Crippen LogP contribution in [0.5, 0.6) is 0 Å². The molecular weight excluding hydrogens is 232 g/mol. The number of hydrogen-bond acceptors (Lipinski definition) is 2. The molecule has 0 rings (SSSR count). The Kier molecular flexibility index (Phi) is 6.73. The van der Waals surface area contributed by atoms with Gasteiger partial charge in [0.1, 0.15) is 6.04 Å². The van der Waals surface area contributed by atoms with E-state index in [4.69, 9.17) is 5.11 Å². The third-order valence-electron chi connectivity index (χ3n) is 3.23. The van der Waals surface area contributed by atoms with Crippen LogP contribution in [0.2, 0.25) is 0 Å². The molecule has 0 radical (unpaired) electrons. The van der Waals surface area contributed by atoms with Crippen LogP contribution in [-0.4, -0.2) is 29.7 Å². The third kappa shape index (κ3) is 6.47. The minimum Gasteiger partial charge on any atom is -0.480 e. The second kappa shape index (κ2) is 7.24. The van der Waals surface area contributed by atoms with Crippen molar-refractivity contribution < 1.29 is 14.7 Å². The first-order valence-corrected chi connectivity index (χ1v) is 6.45. The van der Waals surface area contributed by atoms with Crippen LogP contribution in [0, 0.1) is 11.3 Å². The smallest absolute Gasteiger partial charge is 0.326 e. The number of carboxylic acid groups (broad SMARTS) is 1. The SMILES string of the molecule is CCC[C@@H](NC(=O)NCC(C)C(C)(C)C)C(=O)O. The van der Waals surface area contributed by atoms with Gasteiger partial charge in [-0.3, -0.25) is 0 Å². The summed E-state index contributed by atoms with van der Waals surface area (Å²) >= 11 is 0. The maximum atomic E-state index is 11.6. The Morgan fingerprint density at radius 3 is 2.22 bits per heavy atom. The van der Waals surface area contributed by atoms with Gasteiger partial charge in [-0.25, -0.2) is 9.59 Å². The van der Waals surface area contributed by atoms with E-state index >= 15 is 0 Å². The summed E-state index contributed by atoms with van der Waals surface area (Å²) in [6.07, 6.45) is 1.16. The molecule has 0 aliphatic carbocycles. The van der Waals surface area contributed by atoms with Gasteiger partial charge in [0, 0.05) is 6.54 Å². The molecule has 3 N–H and O–H groups in total. The van der Waals surface area contributed by atoms with E-state index < -0.39 is 18.0 Å². The highest BCUT2D eigenvalue weighted by atomic mass is 16.4. The molecule has 18 heavy (non-hydrogen) atoms. The van der Waals surface area contributed by atoms with Crippen molar-refractivity contribution in [3.63, 3.8) is 0 Å². The minimum absolute atomic E-state index is 0.114. The number of nitrogens with one attached hydrogen (secondary N) is 2. The first-order chi connectivity index (χ1) is 8.18. The Hall–Kier alpha value is -1.26. The fourth-order valence-electron chi connectivity index (χ4n) is 1.31. The summed E-state index contributed by atoms with van der Waals surface area (Å²) in [6.45, 7) is 10.8. The number of aliphatic carboxylic acids is 1. The predicted molar refractivity (Wildman–Crippen MR) is 71.5 cm³/mol. The van der Waals surface area contributed by atoms with Crippen molar-refractivity contribution in [2.75, 3.05) is 6.54 Å². The summed E-state index contributed by atoms with van der Waals surface area (Å²) in [4.78, 5) is 22.5. The zero-order chi connectivity index (χ0) is 14.3. The largest absolute Gasteiger partial charge is 0.480 e. The van der Waals surface area contributed by atoms with E-state index in [2.05, 4.69) is 38.3 Å². The first-order valence-electron chi connectivity index (χ1n) is 6.45. The lowest BCUT2D eigenvalue weighted by Crippen LogP contribution is -2.47. The van der Waals surface area contributed by atoms with Crippen molar-refractivity contribution in [1.29, 1.82) is 0 Å². The molecule has 0 heterocycles. The standard InChI is InChI=1S/C13H26N2O3/c1-6-7-10(11(16)17)15-12(18)14-8-9(2)13(3,4)5/h9-10H,6-8H2,1-5H3,(H,16,17)(H2,14,15,18)/t9?,10-/m1/s1. The zero-order valence-electron chi connectivity index (χ0n) is 12.0. The van der Waals surface area contributed by atoms with Gasteiger partial charge in [-0.2, -0.15) is 0 Å². The van der Waals surface area contributed by atoms with E-state index in [1.807, 2.05) is 6.92 Å². The van der Waals surface area contributed by atoms with Gasteiger partial charge in [0.25, 0.3) is 0 Å². The number of amides is 2. The lowest BCUT2D eigenvalue weighted by atomic mass is 9.82. The van der Waals surface area contributed by atoms with Crippen LogP contribution in [0.25, 0.3) is 0 Å². The lowest BCUT2D eigenvalue weighted by molar-refractivity contribution is -0.139. The van der Waals surface area contributed by atoms with Crippen LogP contribution in [-0.2, 0) is 4.79 Å². The molecule has 0 aromatic carbocycles. The highest BCUT2D eigenvalue weighted by Gasteiger charge is 2.22. The highest BCUT2D eigenvalue weighted by Crippen LogP contribution is 2.24. The molecule has 0 aromatic rings. The third-order valence-corrected chi connectivity index (χ3v) is 3.23. The summed E-state index contributed by atoms with van der Waals surface area (Å²) in [5.74, 6) is -0.673. The van der Waals surface area contributed by atoms with Gasteiger partial charge in [0.2, 0.25) is 0 Å². The molecule has 0 aliphatic heterocycles. The van der Waals surface area contributed by atoms with Crippen LogP contribution < -0.4 is 10.6 Å². The Morgan fingerprint density at radius 2 is 1.83 bits per heavy atom. The van der Waals surface area contributed by atoms with E-state index in [1.54, 1.807) is 0 Å². The van der Waals surface area contributed by atoms with Crippen LogP contribution in [0.15, 0.2) is 0 Å². The molecule has 0 saturated carbocycles. The number of carbonyl (C=O) groups excluding carboxylic acids is 1. The van der Waals surface area contributed by atoms with Crippen molar-refractivity contribution in [3.05, 3.63) is 0 Å². The van der Waals surface area contributed by atoms with Crippen molar-refractivity contribution in [3.8, 4) is 0 Å². The number of carboxylic acids is 1. The summed E-state index contributed by atoms with van der Waals surface area (Å²) in [5, 5.41) is 14.1. The molecule has 5 heteroatoms. The number of hydrogen-bond donors (Lipinski definition) is 3. The minimum atomic E-state index is -0.990. The number of rotatable bonds is 6. The molecule has 0 aliphatic rings. The Bertz CT molecular complexity index is 284. The molecule has 5 nitrogen and oxygen atoms in total. The molecule has 2 atom stereocenters. The fraction of sp³-hybridized carbons (Fsp3) is 0.846. The quantitative estimate of drug-likeness (QED) is 0.683. The highest BCUT2D eigenvalue weighted by molar-refractivity contribution is 5.82. The van der Waals surface area contributed by atoms with Crippen molar-refractivity contribution in [2.24, 2.45) is 11.3 Å². The predicted octanol–water partition coefficient (Wildman–Crippen LogP) is 2.22. The van der Waals surface area contributed by atoms with Crippen molar-refractivity contribution >= 4 is 12.0 Å². The van der Waals surface area contributed by atoms with E-state index in [0.29, 0.717) is 18.9 Å². The normalized spacial score (nSPS) is 14.7. The fourth-order valence-corrected chi connectivity index (χ4v) is 1.31. The molecule has 0 fully saturated rings. The first kappa shape index (κ1) is 16.7. The summed E-state index contributed by atoms with van der Waals surface area (Å²) in [7, 11) is 0. The van der Waals surface area contributed by atoms with Crippen molar-refractivity contribution in [2.45, 2.75) is 53.5 Å². The van der Waals surface area contributed by atoms with Gasteiger partial charge in [0.05, 0.1) is 0 Å². The van der Waals surface area contributed by atoms with Gasteiger partial charge < -0.3 is 15.7 Å². The second-order valence-corrected chi connectivity index (χ2v) is 5.80. The van der Waals surface area contributed by atoms with E-state index in [1.165, 1.54) is 0 Å². The molecule has 0 bridgehead atoms. The van der Waals surface area contributed by atoms with Gasteiger partial charge in [-0.15, -0.1) is 0 Å². The Balaban J connectivity index is 4.14. The monoisotopic (exact) mass is 258 g/mol. The Morgan fingerprint density at radius 1 is 1.28 bits per heavy atom. The molecular formula is C13H26N2O3. The molecule has 0 spiro atoms. The van der Waals surface area contributed by atoms with Crippen LogP contribution in [0.4, 0.5) is 4.79 Å². The Labute approximate surface area is 109 Å². The maximum absolute atomic E-state index is 11.6. The average molecular weight is 258 g/mol. The number of urea groups is 1. The summed E-state index contributed by atoms with van der Waals surface area (Å²) < 4.78 is 0. The summed E-state index contributed by atoms with van der Waals surface area (Å²) in [5.41, 5.74) is 0.114. The van der Waals surface area contributed by atoms with Crippen LogP contribution in [0.1, 0.15) is 47.5 Å². The number of carbonyl (C=O) groups is 2. The topological polar surface area (TPSA) is 78.4 Å². The van der Waals surface area contributed by atoms with E-state index in [-0.39, 0.29) is 5.41 Å². The lowest BCUT2D eigenvalue weighted by Gasteiger charge is -2.27.